The largest absolute Gasteiger partial charge is 0.448 e. The van der Waals surface area contributed by atoms with Gasteiger partial charge < -0.3 is 14.4 Å². The second-order valence-corrected chi connectivity index (χ2v) is 6.18. The summed E-state index contributed by atoms with van der Waals surface area (Å²) in [4.78, 5) is 26.7. The summed E-state index contributed by atoms with van der Waals surface area (Å²) in [7, 11) is 3.76. The van der Waals surface area contributed by atoms with Crippen molar-refractivity contribution < 1.29 is 19.1 Å². The first-order valence-corrected chi connectivity index (χ1v) is 7.34. The maximum absolute atomic E-state index is 11.9. The van der Waals surface area contributed by atoms with Crippen LogP contribution in [0.3, 0.4) is 0 Å². The van der Waals surface area contributed by atoms with E-state index in [1.165, 1.54) is 0 Å². The van der Waals surface area contributed by atoms with Crippen LogP contribution in [0.5, 0.6) is 0 Å². The predicted octanol–water partition coefficient (Wildman–Crippen LogP) is 2.48. The molecule has 8 heteroatoms. The number of ether oxygens (including phenoxy) is 2. The summed E-state index contributed by atoms with van der Waals surface area (Å²) in [5.74, 6) is 0. The molecule has 1 aliphatic carbocycles. The summed E-state index contributed by atoms with van der Waals surface area (Å²) in [5.41, 5.74) is -0.725. The molecule has 1 spiro atoms. The van der Waals surface area contributed by atoms with Gasteiger partial charge in [-0.2, -0.15) is 0 Å². The number of halogens is 2. The van der Waals surface area contributed by atoms with Crippen molar-refractivity contribution in [2.75, 3.05) is 33.8 Å². The number of likely N-dealkylation sites (N-methyl/N-ethyl adjacent to an activating group) is 1. The molecule has 0 aromatic heterocycles. The van der Waals surface area contributed by atoms with E-state index in [1.54, 1.807) is 0 Å². The van der Waals surface area contributed by atoms with Gasteiger partial charge in [-0.15, -0.1) is 24.0 Å². The second-order valence-electron chi connectivity index (χ2n) is 5.65. The lowest BCUT2D eigenvalue weighted by molar-refractivity contribution is 0.0296. The van der Waals surface area contributed by atoms with Crippen LogP contribution in [-0.2, 0) is 9.47 Å². The molecule has 1 aliphatic heterocycles. The number of hydrogen-bond acceptors (Lipinski definition) is 5. The van der Waals surface area contributed by atoms with Crippen LogP contribution in [0, 0.1) is 0 Å². The van der Waals surface area contributed by atoms with Crippen LogP contribution in [0.15, 0.2) is 0 Å². The lowest BCUT2D eigenvalue weighted by atomic mass is 9.84. The molecule has 2 aliphatic rings. The molecule has 1 saturated carbocycles. The quantitative estimate of drug-likeness (QED) is 0.738. The summed E-state index contributed by atoms with van der Waals surface area (Å²) in [5, 5.41) is -0.236. The smallest absolute Gasteiger partial charge is 0.420 e. The van der Waals surface area contributed by atoms with Crippen molar-refractivity contribution in [3.8, 4) is 0 Å². The zero-order chi connectivity index (χ0) is 14.8. The Bertz CT molecular complexity index is 394. The van der Waals surface area contributed by atoms with Gasteiger partial charge in [0.25, 0.3) is 0 Å². The fourth-order valence-electron chi connectivity index (χ4n) is 2.59. The maximum atomic E-state index is 11.9. The van der Waals surface area contributed by atoms with E-state index in [-0.39, 0.29) is 30.9 Å². The van der Waals surface area contributed by atoms with Crippen molar-refractivity contribution in [3.05, 3.63) is 0 Å². The highest BCUT2D eigenvalue weighted by Crippen LogP contribution is 2.40. The van der Waals surface area contributed by atoms with Gasteiger partial charge in [0.1, 0.15) is 12.2 Å². The number of carbonyl (C=O) groups is 2. The van der Waals surface area contributed by atoms with Gasteiger partial charge in [-0.25, -0.2) is 14.5 Å². The molecule has 21 heavy (non-hydrogen) atoms. The Balaban J connectivity index is 0.00000220. The predicted molar refractivity (Wildman–Crippen MR) is 81.2 cm³/mol. The van der Waals surface area contributed by atoms with Crippen LogP contribution in [-0.4, -0.2) is 66.8 Å². The van der Waals surface area contributed by atoms with Crippen molar-refractivity contribution in [1.82, 2.24) is 9.80 Å². The molecular weight excluding hydrogens is 319 g/mol. The van der Waals surface area contributed by atoms with Gasteiger partial charge in [-0.3, -0.25) is 0 Å². The monoisotopic (exact) mass is 340 g/mol. The fraction of sp³-hybridized carbons (Fsp3) is 0.846. The topological polar surface area (TPSA) is 59.1 Å². The van der Waals surface area contributed by atoms with E-state index in [0.29, 0.717) is 13.0 Å². The number of rotatable bonds is 3. The van der Waals surface area contributed by atoms with Crippen molar-refractivity contribution in [3.63, 3.8) is 0 Å². The van der Waals surface area contributed by atoms with E-state index < -0.39 is 17.8 Å². The highest BCUT2D eigenvalue weighted by Gasteiger charge is 2.53. The zero-order valence-electron chi connectivity index (χ0n) is 12.3. The molecule has 6 nitrogen and oxygen atoms in total. The Morgan fingerprint density at radius 2 is 2.24 bits per heavy atom. The number of nitrogens with zero attached hydrogens (tertiary/aromatic N) is 2. The molecule has 2 atom stereocenters. The summed E-state index contributed by atoms with van der Waals surface area (Å²) in [6.07, 6.45) is 2.20. The molecule has 0 radical (unpaired) electrons. The van der Waals surface area contributed by atoms with Crippen molar-refractivity contribution in [2.24, 2.45) is 0 Å². The van der Waals surface area contributed by atoms with Crippen molar-refractivity contribution in [1.29, 1.82) is 0 Å². The zero-order valence-corrected chi connectivity index (χ0v) is 13.9. The first-order valence-electron chi connectivity index (χ1n) is 6.91. The minimum atomic E-state index is -0.725. The molecule has 1 saturated heterocycles. The summed E-state index contributed by atoms with van der Waals surface area (Å²) >= 11 is 6.30. The molecule has 0 N–H and O–H groups in total. The minimum absolute atomic E-state index is 0. The highest BCUT2D eigenvalue weighted by atomic mass is 35.5. The summed E-state index contributed by atoms with van der Waals surface area (Å²) in [6, 6.07) is 0. The average Bonchev–Trinajstić information content (AvgIpc) is 2.71. The van der Waals surface area contributed by atoms with E-state index in [9.17, 15) is 9.59 Å². The lowest BCUT2D eigenvalue weighted by Gasteiger charge is -2.35. The Morgan fingerprint density at radius 1 is 1.52 bits per heavy atom. The summed E-state index contributed by atoms with van der Waals surface area (Å²) < 4.78 is 10.5. The van der Waals surface area contributed by atoms with E-state index in [2.05, 4.69) is 0 Å². The van der Waals surface area contributed by atoms with Crippen LogP contribution in [0.4, 0.5) is 9.59 Å². The van der Waals surface area contributed by atoms with Crippen molar-refractivity contribution in [2.45, 2.75) is 36.7 Å². The van der Waals surface area contributed by atoms with Crippen molar-refractivity contribution >= 4 is 36.2 Å². The molecule has 2 rings (SSSR count). The van der Waals surface area contributed by atoms with Gasteiger partial charge in [0.15, 0.2) is 0 Å². The Morgan fingerprint density at radius 3 is 2.86 bits per heavy atom. The van der Waals surface area contributed by atoms with Crippen LogP contribution in [0.2, 0.25) is 0 Å². The third kappa shape index (κ3) is 4.14. The fourth-order valence-corrected chi connectivity index (χ4v) is 2.96. The number of alkyl halides is 1. The number of carbonyl (C=O) groups excluding carboxylic acids is 2. The van der Waals surface area contributed by atoms with Gasteiger partial charge in [-0.1, -0.05) is 6.42 Å². The molecule has 2 amide bonds. The number of imide groups is 1. The average molecular weight is 341 g/mol. The Hall–Kier alpha value is -0.720. The minimum Gasteiger partial charge on any atom is -0.448 e. The second kappa shape index (κ2) is 7.51. The van der Waals surface area contributed by atoms with E-state index in [0.717, 1.165) is 24.2 Å². The highest BCUT2D eigenvalue weighted by molar-refractivity contribution is 6.21. The van der Waals surface area contributed by atoms with E-state index in [1.807, 2.05) is 19.0 Å². The molecule has 0 aromatic carbocycles. The molecular formula is C13H22Cl2N2O4. The summed E-state index contributed by atoms with van der Waals surface area (Å²) in [6.45, 7) is 1.05. The van der Waals surface area contributed by atoms with E-state index in [4.69, 9.17) is 21.1 Å². The van der Waals surface area contributed by atoms with Gasteiger partial charge in [-0.05, 0) is 33.4 Å². The molecule has 2 fully saturated rings. The third-order valence-electron chi connectivity index (χ3n) is 3.80. The Kier molecular flexibility index (Phi) is 6.56. The van der Waals surface area contributed by atoms with Crippen LogP contribution >= 0.6 is 24.0 Å². The van der Waals surface area contributed by atoms with Gasteiger partial charge in [0.2, 0.25) is 0 Å². The third-order valence-corrected chi connectivity index (χ3v) is 4.42. The standard InChI is InChI=1S/C13H21ClN2O4.ClH/c1-15(2)7-8-19-11(17)16-9-13(20-12(16)18)6-4-3-5-10(13)14;/h10H,3-9H2,1-2H3;1H/t10-,13?;/m1./s1. The first kappa shape index (κ1) is 18.3. The van der Waals surface area contributed by atoms with Crippen LogP contribution in [0.25, 0.3) is 0 Å². The maximum Gasteiger partial charge on any atom is 0.420 e. The van der Waals surface area contributed by atoms with Crippen LogP contribution < -0.4 is 0 Å². The number of hydrogen-bond donors (Lipinski definition) is 0. The van der Waals surface area contributed by atoms with Gasteiger partial charge in [0.05, 0.1) is 11.9 Å². The van der Waals surface area contributed by atoms with Gasteiger partial charge in [0, 0.05) is 6.54 Å². The molecule has 1 heterocycles. The number of amides is 2. The Labute approximate surface area is 136 Å². The van der Waals surface area contributed by atoms with Gasteiger partial charge >= 0.3 is 12.2 Å². The van der Waals surface area contributed by atoms with E-state index >= 15 is 0 Å². The SMILES string of the molecule is CN(C)CCOC(=O)N1CC2(CCCC[C@H]2Cl)OC1=O.Cl. The lowest BCUT2D eigenvalue weighted by Crippen LogP contribution is -2.46. The van der Waals surface area contributed by atoms with Crippen LogP contribution in [0.1, 0.15) is 25.7 Å². The molecule has 0 bridgehead atoms. The molecule has 122 valence electrons. The molecule has 0 aromatic rings. The molecule has 1 unspecified atom stereocenters. The first-order chi connectivity index (χ1) is 9.44. The normalized spacial score (nSPS) is 28.5.